The van der Waals surface area contributed by atoms with Gasteiger partial charge in [-0.25, -0.2) is 19.1 Å². The van der Waals surface area contributed by atoms with Crippen LogP contribution in [-0.2, 0) is 17.7 Å². The molecule has 8 rings (SSSR count). The third-order valence-corrected chi connectivity index (χ3v) is 9.08. The van der Waals surface area contributed by atoms with Gasteiger partial charge in [0.15, 0.2) is 6.23 Å². The van der Waals surface area contributed by atoms with Crippen molar-refractivity contribution in [3.8, 4) is 28.2 Å². The Hall–Kier alpha value is -5.42. The van der Waals surface area contributed by atoms with Crippen LogP contribution in [0, 0.1) is 12.9 Å². The maximum atomic E-state index is 14.7. The normalized spacial score (nSPS) is 16.3. The van der Waals surface area contributed by atoms with Gasteiger partial charge in [-0.1, -0.05) is 35.5 Å². The number of urea groups is 1. The van der Waals surface area contributed by atoms with Crippen LogP contribution >= 0.6 is 0 Å². The van der Waals surface area contributed by atoms with Crippen molar-refractivity contribution >= 4 is 22.6 Å². The largest absolute Gasteiger partial charge is 0.356 e. The van der Waals surface area contributed by atoms with Crippen molar-refractivity contribution in [1.29, 1.82) is 0 Å². The number of carbonyl (C=O) groups is 1. The van der Waals surface area contributed by atoms with Crippen molar-refractivity contribution in [1.82, 2.24) is 34.7 Å². The summed E-state index contributed by atoms with van der Waals surface area (Å²) < 4.78 is 24.4. The number of anilines is 1. The molecule has 2 aliphatic rings. The van der Waals surface area contributed by atoms with Crippen LogP contribution in [0.25, 0.3) is 39.1 Å². The lowest BCUT2D eigenvalue weighted by Crippen LogP contribution is -2.39. The zero-order valence-electron chi connectivity index (χ0n) is 25.9. The SMILES string of the molecule is Cc1ccccc1NC(=O)N1CCc2ccc(-n3cc(-c4nn(C5CCCCO5)c5ccc(-c6cccnc6F)cc45)nn3)cc2C1. The molecular weight excluding hydrogens is 595 g/mol. The number of ether oxygens (including phenoxy) is 1. The number of halogens is 1. The molecule has 1 N–H and O–H groups in total. The van der Waals surface area contributed by atoms with Gasteiger partial charge in [0.25, 0.3) is 0 Å². The van der Waals surface area contributed by atoms with Crippen LogP contribution in [-0.4, -0.2) is 53.8 Å². The molecule has 47 heavy (non-hydrogen) atoms. The van der Waals surface area contributed by atoms with Crippen LogP contribution < -0.4 is 5.32 Å². The first kappa shape index (κ1) is 29.0. The Labute approximate surface area is 270 Å². The molecule has 0 spiro atoms. The molecule has 0 bridgehead atoms. The molecule has 5 heterocycles. The zero-order valence-corrected chi connectivity index (χ0v) is 25.9. The van der Waals surface area contributed by atoms with Crippen LogP contribution in [0.1, 0.15) is 42.2 Å². The maximum Gasteiger partial charge on any atom is 0.322 e. The van der Waals surface area contributed by atoms with Crippen molar-refractivity contribution < 1.29 is 13.9 Å². The molecule has 6 aromatic rings. The Morgan fingerprint density at radius 1 is 1.02 bits per heavy atom. The molecule has 0 aliphatic carbocycles. The van der Waals surface area contributed by atoms with Crippen molar-refractivity contribution in [3.05, 3.63) is 108 Å². The Bertz CT molecular complexity index is 2120. The zero-order chi connectivity index (χ0) is 31.9. The summed E-state index contributed by atoms with van der Waals surface area (Å²) in [5, 5.41) is 17.9. The second-order valence-electron chi connectivity index (χ2n) is 12.1. The maximum absolute atomic E-state index is 14.7. The number of rotatable bonds is 5. The highest BCUT2D eigenvalue weighted by molar-refractivity contribution is 5.95. The van der Waals surface area contributed by atoms with E-state index in [0.717, 1.165) is 59.1 Å². The van der Waals surface area contributed by atoms with Gasteiger partial charge >= 0.3 is 6.03 Å². The van der Waals surface area contributed by atoms with Crippen molar-refractivity contribution in [2.75, 3.05) is 18.5 Å². The van der Waals surface area contributed by atoms with Crippen LogP contribution in [0.4, 0.5) is 14.9 Å². The van der Waals surface area contributed by atoms with Gasteiger partial charge in [-0.15, -0.1) is 5.10 Å². The molecule has 1 saturated heterocycles. The first-order chi connectivity index (χ1) is 23.0. The van der Waals surface area contributed by atoms with Gasteiger partial charge in [0.1, 0.15) is 11.4 Å². The Balaban J connectivity index is 1.11. The lowest BCUT2D eigenvalue weighted by Gasteiger charge is -2.29. The molecular formula is C36H33FN8O2. The summed E-state index contributed by atoms with van der Waals surface area (Å²) in [4.78, 5) is 18.8. The summed E-state index contributed by atoms with van der Waals surface area (Å²) in [5.74, 6) is -0.527. The number of hydrogen-bond donors (Lipinski definition) is 1. The highest BCUT2D eigenvalue weighted by atomic mass is 19.1. The molecule has 0 saturated carbocycles. The van der Waals surface area contributed by atoms with Gasteiger partial charge in [0, 0.05) is 42.5 Å². The number of aryl methyl sites for hydroxylation is 1. The lowest BCUT2D eigenvalue weighted by molar-refractivity contribution is -0.0365. The fourth-order valence-corrected chi connectivity index (χ4v) is 6.50. The smallest absolute Gasteiger partial charge is 0.322 e. The number of carbonyl (C=O) groups excluding carboxylic acids is 1. The summed E-state index contributed by atoms with van der Waals surface area (Å²) in [5.41, 5.74) is 8.18. The van der Waals surface area contributed by atoms with Crippen molar-refractivity contribution in [3.63, 3.8) is 0 Å². The second-order valence-corrected chi connectivity index (χ2v) is 12.1. The van der Waals surface area contributed by atoms with Crippen LogP contribution in [0.15, 0.2) is 85.2 Å². The fourth-order valence-electron chi connectivity index (χ4n) is 6.50. The summed E-state index contributed by atoms with van der Waals surface area (Å²) >= 11 is 0. The van der Waals surface area contributed by atoms with E-state index in [1.807, 2.05) is 71.2 Å². The topological polar surface area (TPSA) is 103 Å². The summed E-state index contributed by atoms with van der Waals surface area (Å²) in [6.45, 7) is 3.80. The minimum Gasteiger partial charge on any atom is -0.356 e. The third kappa shape index (κ3) is 5.52. The van der Waals surface area contributed by atoms with Gasteiger partial charge in [-0.2, -0.15) is 9.49 Å². The number of nitrogens with zero attached hydrogens (tertiary/aromatic N) is 7. The molecule has 1 fully saturated rings. The molecule has 3 aromatic heterocycles. The van der Waals surface area contributed by atoms with E-state index in [1.165, 1.54) is 11.8 Å². The van der Waals surface area contributed by atoms with Gasteiger partial charge in [-0.3, -0.25) is 0 Å². The third-order valence-electron chi connectivity index (χ3n) is 9.08. The predicted molar refractivity (Wildman–Crippen MR) is 176 cm³/mol. The van der Waals surface area contributed by atoms with Gasteiger partial charge in [-0.05, 0) is 97.3 Å². The second kappa shape index (κ2) is 12.1. The molecule has 1 atom stereocenters. The minimum absolute atomic E-state index is 0.117. The molecule has 0 radical (unpaired) electrons. The number of pyridine rings is 1. The summed E-state index contributed by atoms with van der Waals surface area (Å²) in [6, 6.07) is 23.1. The molecule has 10 nitrogen and oxygen atoms in total. The first-order valence-electron chi connectivity index (χ1n) is 15.9. The minimum atomic E-state index is -0.527. The van der Waals surface area contributed by atoms with Crippen LogP contribution in [0.2, 0.25) is 0 Å². The Morgan fingerprint density at radius 3 is 2.79 bits per heavy atom. The van der Waals surface area contributed by atoms with E-state index >= 15 is 0 Å². The first-order valence-corrected chi connectivity index (χ1v) is 15.9. The highest BCUT2D eigenvalue weighted by Gasteiger charge is 2.25. The Morgan fingerprint density at radius 2 is 1.94 bits per heavy atom. The average Bonchev–Trinajstić information content (AvgIpc) is 3.75. The number of amides is 2. The number of hydrogen-bond acceptors (Lipinski definition) is 6. The number of fused-ring (bicyclic) bond motifs is 2. The van der Waals surface area contributed by atoms with E-state index in [2.05, 4.69) is 32.7 Å². The Kier molecular flexibility index (Phi) is 7.45. The number of para-hydroxylation sites is 1. The molecule has 2 amide bonds. The van der Waals surface area contributed by atoms with Gasteiger partial charge in [0.2, 0.25) is 5.95 Å². The molecule has 2 aliphatic heterocycles. The molecule has 1 unspecified atom stereocenters. The van der Waals surface area contributed by atoms with E-state index in [0.29, 0.717) is 42.2 Å². The van der Waals surface area contributed by atoms with E-state index in [1.54, 1.807) is 16.8 Å². The van der Waals surface area contributed by atoms with Crippen molar-refractivity contribution in [2.45, 2.75) is 45.4 Å². The molecule has 11 heteroatoms. The highest BCUT2D eigenvalue weighted by Crippen LogP contribution is 2.35. The average molecular weight is 629 g/mol. The van der Waals surface area contributed by atoms with E-state index in [9.17, 15) is 9.18 Å². The van der Waals surface area contributed by atoms with Crippen LogP contribution in [0.5, 0.6) is 0 Å². The van der Waals surface area contributed by atoms with Gasteiger partial charge < -0.3 is 15.0 Å². The quantitative estimate of drug-likeness (QED) is 0.205. The molecule has 3 aromatic carbocycles. The van der Waals surface area contributed by atoms with Crippen molar-refractivity contribution in [2.24, 2.45) is 0 Å². The number of aromatic nitrogens is 6. The fraction of sp³-hybridized carbons (Fsp3) is 0.250. The monoisotopic (exact) mass is 628 g/mol. The van der Waals surface area contributed by atoms with Crippen LogP contribution in [0.3, 0.4) is 0 Å². The standard InChI is InChI=1S/C36H33FN8O2/c1-23-7-2-3-9-30(23)39-36(46)43-17-15-24-11-13-27(19-26(24)21-43)44-22-31(40-42-44)34-29-20-25(28-8-6-16-38-35(28)37)12-14-32(29)45(41-34)33-10-4-5-18-47-33/h2-3,6-9,11-14,16,19-20,22,33H,4-5,10,15,17-18,21H2,1H3,(H,39,46). The van der Waals surface area contributed by atoms with E-state index < -0.39 is 5.95 Å². The predicted octanol–water partition coefficient (Wildman–Crippen LogP) is 7.08. The number of benzene rings is 3. The summed E-state index contributed by atoms with van der Waals surface area (Å²) in [6.07, 6.45) is 6.82. The van der Waals surface area contributed by atoms with E-state index in [-0.39, 0.29) is 12.3 Å². The van der Waals surface area contributed by atoms with Gasteiger partial charge in [0.05, 0.1) is 17.4 Å². The molecule has 236 valence electrons. The summed E-state index contributed by atoms with van der Waals surface area (Å²) in [7, 11) is 0. The van der Waals surface area contributed by atoms with E-state index in [4.69, 9.17) is 9.84 Å². The lowest BCUT2D eigenvalue weighted by atomic mass is 9.99. The number of nitrogens with one attached hydrogen (secondary N) is 1.